The molecule has 3 amide bonds. The van der Waals surface area contributed by atoms with E-state index in [0.717, 1.165) is 42.4 Å². The summed E-state index contributed by atoms with van der Waals surface area (Å²) in [6.07, 6.45) is 5.58. The van der Waals surface area contributed by atoms with E-state index in [9.17, 15) is 14.4 Å². The van der Waals surface area contributed by atoms with Crippen LogP contribution in [0.1, 0.15) is 51.5 Å². The number of rotatable bonds is 10. The first-order valence-corrected chi connectivity index (χ1v) is 11.9. The van der Waals surface area contributed by atoms with Gasteiger partial charge in [0.1, 0.15) is 0 Å². The van der Waals surface area contributed by atoms with Crippen molar-refractivity contribution in [2.75, 3.05) is 39.3 Å². The Morgan fingerprint density at radius 3 is 2.19 bits per heavy atom. The highest BCUT2D eigenvalue weighted by Crippen LogP contribution is 2.19. The highest BCUT2D eigenvalue weighted by atomic mass is 16.2. The van der Waals surface area contributed by atoms with Crippen LogP contribution in [0, 0.1) is 0 Å². The predicted octanol–water partition coefficient (Wildman–Crippen LogP) is 3.20. The van der Waals surface area contributed by atoms with Crippen LogP contribution in [0.25, 0.3) is 10.9 Å². The molecular weight excluding hydrogens is 404 g/mol. The Morgan fingerprint density at radius 1 is 0.906 bits per heavy atom. The zero-order valence-electron chi connectivity index (χ0n) is 19.4. The number of para-hydroxylation sites is 1. The summed E-state index contributed by atoms with van der Waals surface area (Å²) in [4.78, 5) is 46.5. The van der Waals surface area contributed by atoms with Gasteiger partial charge in [-0.2, -0.15) is 0 Å². The third-order valence-corrected chi connectivity index (χ3v) is 6.12. The van der Waals surface area contributed by atoms with Gasteiger partial charge in [-0.25, -0.2) is 0 Å². The fourth-order valence-electron chi connectivity index (χ4n) is 4.37. The van der Waals surface area contributed by atoms with Crippen molar-refractivity contribution in [1.82, 2.24) is 19.7 Å². The van der Waals surface area contributed by atoms with Gasteiger partial charge in [-0.15, -0.1) is 0 Å². The molecule has 174 valence electrons. The van der Waals surface area contributed by atoms with Crippen molar-refractivity contribution in [1.29, 1.82) is 0 Å². The number of hydrogen-bond donors (Lipinski definition) is 1. The number of nitrogens with one attached hydrogen (secondary N) is 1. The quantitative estimate of drug-likeness (QED) is 0.616. The Labute approximate surface area is 190 Å². The molecule has 0 atom stereocenters. The van der Waals surface area contributed by atoms with Crippen molar-refractivity contribution >= 4 is 28.6 Å². The number of H-pyrrole nitrogens is 1. The third kappa shape index (κ3) is 6.11. The maximum Gasteiger partial charge on any atom is 0.227 e. The van der Waals surface area contributed by atoms with Gasteiger partial charge >= 0.3 is 0 Å². The summed E-state index contributed by atoms with van der Waals surface area (Å²) >= 11 is 0. The highest BCUT2D eigenvalue weighted by Gasteiger charge is 2.24. The summed E-state index contributed by atoms with van der Waals surface area (Å²) in [5.74, 6) is 0.327. The molecule has 3 rings (SSSR count). The van der Waals surface area contributed by atoms with E-state index in [2.05, 4.69) is 18.8 Å². The van der Waals surface area contributed by atoms with Gasteiger partial charge < -0.3 is 19.7 Å². The normalized spacial score (nSPS) is 14.1. The van der Waals surface area contributed by atoms with Crippen molar-refractivity contribution in [2.24, 2.45) is 0 Å². The van der Waals surface area contributed by atoms with Gasteiger partial charge in [0.2, 0.25) is 17.7 Å². The van der Waals surface area contributed by atoms with Gasteiger partial charge in [-0.05, 0) is 30.9 Å². The fourth-order valence-corrected chi connectivity index (χ4v) is 4.37. The number of hydrogen-bond acceptors (Lipinski definition) is 3. The molecule has 1 aromatic heterocycles. The number of carbonyl (C=O) groups excluding carboxylic acids is 3. The lowest BCUT2D eigenvalue weighted by Crippen LogP contribution is -2.51. The summed E-state index contributed by atoms with van der Waals surface area (Å²) in [5.41, 5.74) is 2.05. The first-order chi connectivity index (χ1) is 15.5. The Kier molecular flexibility index (Phi) is 8.71. The van der Waals surface area contributed by atoms with E-state index in [1.54, 1.807) is 0 Å². The number of nitrogens with zero attached hydrogens (tertiary/aromatic N) is 3. The summed E-state index contributed by atoms with van der Waals surface area (Å²) in [7, 11) is 0. The zero-order chi connectivity index (χ0) is 22.9. The summed E-state index contributed by atoms with van der Waals surface area (Å²) < 4.78 is 0. The maximum absolute atomic E-state index is 12.8. The largest absolute Gasteiger partial charge is 0.361 e. The summed E-state index contributed by atoms with van der Waals surface area (Å²) in [6.45, 7) is 7.96. The fraction of sp³-hybridized carbons (Fsp3) is 0.560. The third-order valence-electron chi connectivity index (χ3n) is 6.12. The second-order valence-electron chi connectivity index (χ2n) is 8.53. The van der Waals surface area contributed by atoms with Crippen molar-refractivity contribution in [3.05, 3.63) is 36.0 Å². The van der Waals surface area contributed by atoms with E-state index in [1.807, 2.05) is 45.2 Å². The molecule has 2 heterocycles. The molecule has 0 aliphatic carbocycles. The first kappa shape index (κ1) is 23.8. The molecule has 0 saturated carbocycles. The zero-order valence-corrected chi connectivity index (χ0v) is 19.4. The molecule has 0 radical (unpaired) electrons. The van der Waals surface area contributed by atoms with E-state index in [0.29, 0.717) is 51.9 Å². The minimum Gasteiger partial charge on any atom is -0.361 e. The second-order valence-corrected chi connectivity index (χ2v) is 8.53. The van der Waals surface area contributed by atoms with E-state index in [1.165, 1.54) is 0 Å². The molecule has 7 nitrogen and oxygen atoms in total. The minimum atomic E-state index is 0.0825. The molecule has 0 bridgehead atoms. The van der Waals surface area contributed by atoms with E-state index < -0.39 is 0 Å². The number of carbonyl (C=O) groups is 3. The number of aromatic amines is 1. The second kappa shape index (κ2) is 11.7. The molecule has 2 aromatic rings. The lowest BCUT2D eigenvalue weighted by molar-refractivity contribution is -0.139. The minimum absolute atomic E-state index is 0.0825. The van der Waals surface area contributed by atoms with Crippen LogP contribution in [0.15, 0.2) is 30.5 Å². The first-order valence-electron chi connectivity index (χ1n) is 11.9. The molecule has 0 unspecified atom stereocenters. The molecule has 0 spiro atoms. The average molecular weight is 441 g/mol. The number of amides is 3. The van der Waals surface area contributed by atoms with E-state index >= 15 is 0 Å². The van der Waals surface area contributed by atoms with Gasteiger partial charge in [0, 0.05) is 69.2 Å². The molecule has 1 aliphatic rings. The Morgan fingerprint density at radius 2 is 1.53 bits per heavy atom. The van der Waals surface area contributed by atoms with Crippen molar-refractivity contribution in [2.45, 2.75) is 52.4 Å². The van der Waals surface area contributed by atoms with Crippen LogP contribution in [0.4, 0.5) is 0 Å². The van der Waals surface area contributed by atoms with Crippen LogP contribution in [0.3, 0.4) is 0 Å². The van der Waals surface area contributed by atoms with E-state index in [4.69, 9.17) is 0 Å². The average Bonchev–Trinajstić information content (AvgIpc) is 3.21. The van der Waals surface area contributed by atoms with Crippen LogP contribution in [-0.4, -0.2) is 76.7 Å². The van der Waals surface area contributed by atoms with Crippen LogP contribution < -0.4 is 0 Å². The standard InChI is InChI=1S/C25H36N4O3/c1-3-12-27(13-4-2)23(30)10-7-11-24(31)28-14-16-29(17-15-28)25(32)18-20-19-26-22-9-6-5-8-21(20)22/h5-6,8-9,19,26H,3-4,7,10-18H2,1-2H3. The molecule has 32 heavy (non-hydrogen) atoms. The highest BCUT2D eigenvalue weighted by molar-refractivity contribution is 5.89. The molecule has 1 saturated heterocycles. The summed E-state index contributed by atoms with van der Waals surface area (Å²) in [6, 6.07) is 7.99. The van der Waals surface area contributed by atoms with Crippen LogP contribution in [0.2, 0.25) is 0 Å². The van der Waals surface area contributed by atoms with Gasteiger partial charge in [-0.1, -0.05) is 32.0 Å². The smallest absolute Gasteiger partial charge is 0.227 e. The van der Waals surface area contributed by atoms with Crippen molar-refractivity contribution < 1.29 is 14.4 Å². The Hall–Kier alpha value is -2.83. The van der Waals surface area contributed by atoms with Gasteiger partial charge in [0.15, 0.2) is 0 Å². The monoisotopic (exact) mass is 440 g/mol. The SMILES string of the molecule is CCCN(CCC)C(=O)CCCC(=O)N1CCN(C(=O)Cc2c[nH]c3ccccc23)CC1. The van der Waals surface area contributed by atoms with Gasteiger partial charge in [0.05, 0.1) is 6.42 Å². The number of fused-ring (bicyclic) bond motifs is 1. The van der Waals surface area contributed by atoms with Crippen molar-refractivity contribution in [3.63, 3.8) is 0 Å². The Bertz CT molecular complexity index is 909. The topological polar surface area (TPSA) is 76.7 Å². The number of piperazine rings is 1. The molecular formula is C25H36N4O3. The number of benzene rings is 1. The lowest BCUT2D eigenvalue weighted by atomic mass is 10.1. The van der Waals surface area contributed by atoms with Gasteiger partial charge in [0.25, 0.3) is 0 Å². The van der Waals surface area contributed by atoms with Crippen LogP contribution >= 0.6 is 0 Å². The number of aromatic nitrogens is 1. The Balaban J connectivity index is 1.40. The molecule has 1 aromatic carbocycles. The van der Waals surface area contributed by atoms with E-state index in [-0.39, 0.29) is 17.7 Å². The molecule has 7 heteroatoms. The van der Waals surface area contributed by atoms with Crippen LogP contribution in [-0.2, 0) is 20.8 Å². The molecule has 1 fully saturated rings. The maximum atomic E-state index is 12.8. The molecule has 1 N–H and O–H groups in total. The van der Waals surface area contributed by atoms with Gasteiger partial charge in [-0.3, -0.25) is 14.4 Å². The van der Waals surface area contributed by atoms with Crippen molar-refractivity contribution in [3.8, 4) is 0 Å². The lowest BCUT2D eigenvalue weighted by Gasteiger charge is -2.35. The molecule has 1 aliphatic heterocycles. The van der Waals surface area contributed by atoms with Crippen LogP contribution in [0.5, 0.6) is 0 Å². The summed E-state index contributed by atoms with van der Waals surface area (Å²) in [5, 5.41) is 1.08. The predicted molar refractivity (Wildman–Crippen MR) is 126 cm³/mol.